The fraction of sp³-hybridized carbons (Fsp3) is 0.850. The van der Waals surface area contributed by atoms with Crippen LogP contribution in [0.15, 0.2) is 12.7 Å². The molecule has 0 aliphatic heterocycles. The number of aliphatic hydroxyl groups is 1. The quantitative estimate of drug-likeness (QED) is 0.369. The van der Waals surface area contributed by atoms with Crippen LogP contribution in [0, 0.1) is 34.0 Å². The van der Waals surface area contributed by atoms with Crippen LogP contribution in [0.25, 0.3) is 0 Å². The average Bonchev–Trinajstić information content (AvgIpc) is 2.87. The minimum absolute atomic E-state index is 0.00806. The molecule has 8 atom stereocenters. The minimum Gasteiger partial charge on any atom is -0.392 e. The summed E-state index contributed by atoms with van der Waals surface area (Å²) in [7, 11) is 0. The van der Waals surface area contributed by atoms with Gasteiger partial charge in [-0.2, -0.15) is 0 Å². The fourth-order valence-electron chi connectivity index (χ4n) is 6.31. The van der Waals surface area contributed by atoms with E-state index < -0.39 is 6.10 Å². The molecule has 0 aromatic rings. The van der Waals surface area contributed by atoms with E-state index in [2.05, 4.69) is 56.9 Å². The summed E-state index contributed by atoms with van der Waals surface area (Å²) in [6.07, 6.45) is 6.41. The van der Waals surface area contributed by atoms with E-state index in [4.69, 9.17) is 0 Å². The van der Waals surface area contributed by atoms with E-state index in [1.807, 2.05) is 6.08 Å². The van der Waals surface area contributed by atoms with Crippen molar-refractivity contribution in [1.82, 2.24) is 0 Å². The Morgan fingerprint density at radius 1 is 1.30 bits per heavy atom. The lowest BCUT2D eigenvalue weighted by Crippen LogP contribution is -2.61. The molecule has 23 heavy (non-hydrogen) atoms. The van der Waals surface area contributed by atoms with Crippen LogP contribution in [0.2, 0.25) is 0 Å². The van der Waals surface area contributed by atoms with Crippen molar-refractivity contribution >= 4 is 28.4 Å². The fourth-order valence-corrected chi connectivity index (χ4v) is 8.23. The number of ketones is 1. The van der Waals surface area contributed by atoms with Gasteiger partial charge in [-0.05, 0) is 48.3 Å². The third kappa shape index (κ3) is 2.17. The van der Waals surface area contributed by atoms with Gasteiger partial charge in [-0.1, -0.05) is 56.4 Å². The van der Waals surface area contributed by atoms with E-state index in [-0.39, 0.29) is 28.1 Å². The lowest BCUT2D eigenvalue weighted by atomic mass is 9.44. The molecule has 3 saturated carbocycles. The van der Waals surface area contributed by atoms with Gasteiger partial charge in [-0.15, -0.1) is 6.58 Å². The lowest BCUT2D eigenvalue weighted by molar-refractivity contribution is -0.155. The third-order valence-electron chi connectivity index (χ3n) is 8.28. The highest BCUT2D eigenvalue weighted by molar-refractivity contribution is 14.1. The van der Waals surface area contributed by atoms with Crippen molar-refractivity contribution in [3.8, 4) is 0 Å². The van der Waals surface area contributed by atoms with E-state index in [0.717, 1.165) is 19.3 Å². The van der Waals surface area contributed by atoms with Crippen molar-refractivity contribution in [1.29, 1.82) is 0 Å². The Morgan fingerprint density at radius 2 is 1.96 bits per heavy atom. The molecule has 3 heteroatoms. The Labute approximate surface area is 154 Å². The zero-order valence-corrected chi connectivity index (χ0v) is 17.1. The normalized spacial score (nSPS) is 56.6. The second-order valence-electron chi connectivity index (χ2n) is 9.05. The summed E-state index contributed by atoms with van der Waals surface area (Å²) < 4.78 is 0.381. The highest BCUT2D eigenvalue weighted by Gasteiger charge is 2.66. The molecule has 130 valence electrons. The Hall–Kier alpha value is 0.1000. The summed E-state index contributed by atoms with van der Waals surface area (Å²) in [4.78, 5) is 13.0. The molecule has 3 aliphatic carbocycles. The van der Waals surface area contributed by atoms with E-state index >= 15 is 0 Å². The molecular weight excluding hydrogens is 399 g/mol. The number of carbonyl (C=O) groups excluding carboxylic acids is 1. The number of aliphatic hydroxyl groups excluding tert-OH is 1. The summed E-state index contributed by atoms with van der Waals surface area (Å²) in [6, 6.07) is 0. The van der Waals surface area contributed by atoms with Crippen molar-refractivity contribution in [2.75, 3.05) is 0 Å². The monoisotopic (exact) mass is 430 g/mol. The maximum atomic E-state index is 13.0. The third-order valence-corrected chi connectivity index (χ3v) is 10.1. The molecule has 0 saturated heterocycles. The maximum Gasteiger partial charge on any atom is 0.137 e. The first-order valence-corrected chi connectivity index (χ1v) is 10.4. The van der Waals surface area contributed by atoms with Gasteiger partial charge in [0.2, 0.25) is 0 Å². The van der Waals surface area contributed by atoms with E-state index in [1.54, 1.807) is 0 Å². The Bertz CT molecular complexity index is 532. The average molecular weight is 430 g/mol. The van der Waals surface area contributed by atoms with Crippen molar-refractivity contribution in [3.05, 3.63) is 12.7 Å². The van der Waals surface area contributed by atoms with Crippen molar-refractivity contribution in [2.24, 2.45) is 34.0 Å². The molecule has 0 amide bonds. The molecule has 2 nitrogen and oxygen atoms in total. The molecule has 2 bridgehead atoms. The standard InChI is InChI=1S/C20H31IO2/c1-6-18(4)11-15(21)19(5)12(2)7-9-20(13(3)17(18)23)10-8-14(22)16(19)20/h6,12-13,15-17,23H,1,7-11H2,2-5H3/t12?,13-,15?,16-,17-,18+,19-,20-/m0/s1. The van der Waals surface area contributed by atoms with Crippen LogP contribution in [0.1, 0.15) is 59.8 Å². The number of carbonyl (C=O) groups is 1. The Kier molecular flexibility index (Phi) is 4.32. The predicted octanol–water partition coefficient (Wildman–Crippen LogP) is 4.78. The highest BCUT2D eigenvalue weighted by Crippen LogP contribution is 2.68. The molecule has 1 N–H and O–H groups in total. The van der Waals surface area contributed by atoms with Gasteiger partial charge in [0.15, 0.2) is 0 Å². The number of alkyl halides is 1. The SMILES string of the molecule is C=C[C@]1(C)CC(I)[C@]2(C)C(C)CC[C@]3(CCC(=O)[C@@H]23)[C@@H](C)[C@@H]1O. The van der Waals surface area contributed by atoms with Gasteiger partial charge < -0.3 is 5.11 Å². The van der Waals surface area contributed by atoms with Gasteiger partial charge >= 0.3 is 0 Å². The zero-order chi connectivity index (χ0) is 17.2. The van der Waals surface area contributed by atoms with Crippen LogP contribution in [0.5, 0.6) is 0 Å². The molecule has 0 aromatic carbocycles. The molecule has 3 rings (SSSR count). The molecular formula is C20H31IO2. The zero-order valence-electron chi connectivity index (χ0n) is 14.9. The number of Topliss-reactive ketones (excluding diaryl/α,β-unsaturated/α-hetero) is 1. The van der Waals surface area contributed by atoms with Crippen LogP contribution < -0.4 is 0 Å². The van der Waals surface area contributed by atoms with E-state index in [0.29, 0.717) is 22.0 Å². The molecule has 0 aromatic heterocycles. The van der Waals surface area contributed by atoms with Crippen LogP contribution in [-0.4, -0.2) is 20.9 Å². The first-order valence-electron chi connectivity index (χ1n) is 9.12. The summed E-state index contributed by atoms with van der Waals surface area (Å²) in [5.41, 5.74) is -0.246. The summed E-state index contributed by atoms with van der Waals surface area (Å²) in [5.74, 6) is 1.29. The van der Waals surface area contributed by atoms with Gasteiger partial charge in [0.1, 0.15) is 5.78 Å². The van der Waals surface area contributed by atoms with Gasteiger partial charge in [-0.25, -0.2) is 0 Å². The van der Waals surface area contributed by atoms with Crippen LogP contribution >= 0.6 is 22.6 Å². The lowest BCUT2D eigenvalue weighted by Gasteiger charge is -2.61. The Balaban J connectivity index is 2.21. The first-order chi connectivity index (χ1) is 10.6. The number of halogens is 1. The van der Waals surface area contributed by atoms with Gasteiger partial charge in [0, 0.05) is 21.7 Å². The summed E-state index contributed by atoms with van der Waals surface area (Å²) >= 11 is 2.57. The van der Waals surface area contributed by atoms with Crippen molar-refractivity contribution < 1.29 is 9.90 Å². The topological polar surface area (TPSA) is 37.3 Å². The summed E-state index contributed by atoms with van der Waals surface area (Å²) in [6.45, 7) is 13.1. The molecule has 0 heterocycles. The smallest absolute Gasteiger partial charge is 0.137 e. The summed E-state index contributed by atoms with van der Waals surface area (Å²) in [5, 5.41) is 11.2. The van der Waals surface area contributed by atoms with E-state index in [9.17, 15) is 9.90 Å². The molecule has 0 spiro atoms. The minimum atomic E-state index is -0.413. The van der Waals surface area contributed by atoms with Gasteiger partial charge in [-0.3, -0.25) is 4.79 Å². The van der Waals surface area contributed by atoms with Crippen LogP contribution in [0.4, 0.5) is 0 Å². The van der Waals surface area contributed by atoms with Crippen LogP contribution in [-0.2, 0) is 4.79 Å². The number of rotatable bonds is 1. The van der Waals surface area contributed by atoms with Crippen molar-refractivity contribution in [3.63, 3.8) is 0 Å². The molecule has 3 aliphatic rings. The largest absolute Gasteiger partial charge is 0.392 e. The molecule has 3 fully saturated rings. The van der Waals surface area contributed by atoms with E-state index in [1.165, 1.54) is 6.42 Å². The highest BCUT2D eigenvalue weighted by atomic mass is 127. The van der Waals surface area contributed by atoms with Gasteiger partial charge in [0.25, 0.3) is 0 Å². The maximum absolute atomic E-state index is 13.0. The molecule has 0 radical (unpaired) electrons. The number of hydrogen-bond acceptors (Lipinski definition) is 2. The van der Waals surface area contributed by atoms with Crippen LogP contribution in [0.3, 0.4) is 0 Å². The number of hydrogen-bond donors (Lipinski definition) is 1. The first kappa shape index (κ1) is 17.9. The molecule has 2 unspecified atom stereocenters. The second kappa shape index (κ2) is 5.55. The second-order valence-corrected chi connectivity index (χ2v) is 10.6. The Morgan fingerprint density at radius 3 is 2.57 bits per heavy atom. The van der Waals surface area contributed by atoms with Crippen molar-refractivity contribution in [2.45, 2.75) is 69.8 Å². The van der Waals surface area contributed by atoms with Gasteiger partial charge in [0.05, 0.1) is 6.10 Å². The predicted molar refractivity (Wildman–Crippen MR) is 103 cm³/mol.